The molecular formula is C12H21F2NO. The second-order valence-corrected chi connectivity index (χ2v) is 3.65. The lowest BCUT2D eigenvalue weighted by Gasteiger charge is -2.22. The van der Waals surface area contributed by atoms with Crippen molar-refractivity contribution in [2.24, 2.45) is 0 Å². The van der Waals surface area contributed by atoms with Gasteiger partial charge in [-0.3, -0.25) is 4.79 Å². The van der Waals surface area contributed by atoms with Crippen molar-refractivity contribution in [3.8, 4) is 0 Å². The normalized spacial score (nSPS) is 12.1. The Morgan fingerprint density at radius 2 is 1.81 bits per heavy atom. The number of alkyl halides is 2. The van der Waals surface area contributed by atoms with Gasteiger partial charge in [0.15, 0.2) is 0 Å². The lowest BCUT2D eigenvalue weighted by atomic mass is 10.2. The first kappa shape index (κ1) is 15.1. The Kier molecular flexibility index (Phi) is 6.93. The summed E-state index contributed by atoms with van der Waals surface area (Å²) >= 11 is 0. The number of rotatable bonds is 7. The maximum Gasteiger partial charge on any atom is 0.343 e. The molecule has 0 saturated heterocycles. The second-order valence-electron chi connectivity index (χ2n) is 3.65. The molecule has 0 aliphatic carbocycles. The van der Waals surface area contributed by atoms with E-state index in [1.807, 2.05) is 6.92 Å². The zero-order valence-corrected chi connectivity index (χ0v) is 10.3. The Balaban J connectivity index is 4.40. The van der Waals surface area contributed by atoms with Crippen molar-refractivity contribution in [1.82, 2.24) is 4.90 Å². The molecule has 0 bridgehead atoms. The maximum absolute atomic E-state index is 13.4. The van der Waals surface area contributed by atoms with E-state index >= 15 is 0 Å². The van der Waals surface area contributed by atoms with Gasteiger partial charge in [-0.05, 0) is 26.3 Å². The van der Waals surface area contributed by atoms with E-state index in [4.69, 9.17) is 0 Å². The van der Waals surface area contributed by atoms with Gasteiger partial charge in [-0.1, -0.05) is 25.8 Å². The van der Waals surface area contributed by atoms with E-state index in [2.05, 4.69) is 0 Å². The minimum Gasteiger partial charge on any atom is -0.338 e. The van der Waals surface area contributed by atoms with E-state index in [-0.39, 0.29) is 0 Å². The van der Waals surface area contributed by atoms with Gasteiger partial charge in [0.05, 0.1) is 0 Å². The Morgan fingerprint density at radius 3 is 2.25 bits per heavy atom. The summed E-state index contributed by atoms with van der Waals surface area (Å²) in [4.78, 5) is 12.6. The van der Waals surface area contributed by atoms with Crippen LogP contribution in [0.4, 0.5) is 8.78 Å². The molecule has 0 aromatic heterocycles. The van der Waals surface area contributed by atoms with Crippen LogP contribution in [0.25, 0.3) is 0 Å². The molecule has 0 aromatic rings. The second kappa shape index (κ2) is 7.36. The molecule has 4 heteroatoms. The van der Waals surface area contributed by atoms with Crippen LogP contribution in [0.15, 0.2) is 12.2 Å². The van der Waals surface area contributed by atoms with E-state index in [0.717, 1.165) is 23.8 Å². The summed E-state index contributed by atoms with van der Waals surface area (Å²) in [6.45, 7) is 6.00. The van der Waals surface area contributed by atoms with Gasteiger partial charge >= 0.3 is 5.92 Å². The number of amides is 1. The molecule has 0 aliphatic rings. The van der Waals surface area contributed by atoms with Crippen LogP contribution in [-0.2, 0) is 4.79 Å². The Labute approximate surface area is 96.3 Å². The van der Waals surface area contributed by atoms with E-state index in [1.54, 1.807) is 13.8 Å². The molecule has 0 rings (SSSR count). The minimum absolute atomic E-state index is 0.313. The summed E-state index contributed by atoms with van der Waals surface area (Å²) in [6, 6.07) is 0. The van der Waals surface area contributed by atoms with E-state index in [0.29, 0.717) is 19.5 Å². The molecule has 2 nitrogen and oxygen atoms in total. The summed E-state index contributed by atoms with van der Waals surface area (Å²) in [5.41, 5.74) is 0. The molecule has 0 heterocycles. The topological polar surface area (TPSA) is 20.3 Å². The van der Waals surface area contributed by atoms with Crippen molar-refractivity contribution >= 4 is 5.91 Å². The monoisotopic (exact) mass is 233 g/mol. The number of unbranched alkanes of at least 4 members (excludes halogenated alkanes) is 2. The lowest BCUT2D eigenvalue weighted by Crippen LogP contribution is -2.42. The van der Waals surface area contributed by atoms with Gasteiger partial charge in [-0.15, -0.1) is 0 Å². The molecule has 0 radical (unpaired) electrons. The Morgan fingerprint density at radius 1 is 1.25 bits per heavy atom. The zero-order valence-electron chi connectivity index (χ0n) is 10.3. The predicted molar refractivity (Wildman–Crippen MR) is 61.5 cm³/mol. The number of hydrogen-bond acceptors (Lipinski definition) is 1. The highest BCUT2D eigenvalue weighted by Crippen LogP contribution is 2.19. The molecule has 1 amide bonds. The van der Waals surface area contributed by atoms with Crippen molar-refractivity contribution < 1.29 is 13.6 Å². The van der Waals surface area contributed by atoms with E-state index < -0.39 is 11.8 Å². The van der Waals surface area contributed by atoms with Crippen LogP contribution in [0.1, 0.15) is 40.0 Å². The molecule has 0 aliphatic heterocycles. The predicted octanol–water partition coefficient (Wildman–Crippen LogP) is 3.24. The fraction of sp³-hybridized carbons (Fsp3) is 0.750. The SMILES string of the molecule is CCCC/C=C/C(F)(F)C(=O)N(CC)CC. The number of allylic oxidation sites excluding steroid dienone is 1. The fourth-order valence-electron chi connectivity index (χ4n) is 1.35. The molecule has 0 N–H and O–H groups in total. The first-order valence-electron chi connectivity index (χ1n) is 5.84. The summed E-state index contributed by atoms with van der Waals surface area (Å²) in [5.74, 6) is -4.47. The van der Waals surface area contributed by atoms with Gasteiger partial charge in [-0.25, -0.2) is 0 Å². The van der Waals surface area contributed by atoms with Gasteiger partial charge in [0.25, 0.3) is 5.91 Å². The third-order valence-corrected chi connectivity index (χ3v) is 2.39. The molecule has 16 heavy (non-hydrogen) atoms. The van der Waals surface area contributed by atoms with E-state index in [9.17, 15) is 13.6 Å². The number of nitrogens with zero attached hydrogens (tertiary/aromatic N) is 1. The lowest BCUT2D eigenvalue weighted by molar-refractivity contribution is -0.150. The summed E-state index contributed by atoms with van der Waals surface area (Å²) < 4.78 is 26.8. The minimum atomic E-state index is -3.36. The number of carbonyl (C=O) groups excluding carboxylic acids is 1. The highest BCUT2D eigenvalue weighted by atomic mass is 19.3. The molecule has 0 atom stereocenters. The molecule has 94 valence electrons. The number of hydrogen-bond donors (Lipinski definition) is 0. The van der Waals surface area contributed by atoms with Crippen molar-refractivity contribution in [3.05, 3.63) is 12.2 Å². The summed E-state index contributed by atoms with van der Waals surface area (Å²) in [7, 11) is 0. The van der Waals surface area contributed by atoms with Gasteiger partial charge < -0.3 is 4.90 Å². The zero-order chi connectivity index (χ0) is 12.6. The molecular weight excluding hydrogens is 212 g/mol. The summed E-state index contributed by atoms with van der Waals surface area (Å²) in [5, 5.41) is 0. The molecule has 0 aromatic carbocycles. The fourth-order valence-corrected chi connectivity index (χ4v) is 1.35. The standard InChI is InChI=1S/C12H21F2NO/c1-4-7-8-9-10-12(13,14)11(16)15(5-2)6-3/h9-10H,4-8H2,1-3H3/b10-9+. The summed E-state index contributed by atoms with van der Waals surface area (Å²) in [6.07, 6.45) is 4.54. The van der Waals surface area contributed by atoms with Crippen molar-refractivity contribution in [2.45, 2.75) is 46.0 Å². The molecule has 0 fully saturated rings. The average molecular weight is 233 g/mol. The molecule has 0 saturated carbocycles. The molecule has 0 spiro atoms. The quantitative estimate of drug-likeness (QED) is 0.488. The van der Waals surface area contributed by atoms with Crippen molar-refractivity contribution in [1.29, 1.82) is 0 Å². The maximum atomic E-state index is 13.4. The van der Waals surface area contributed by atoms with Crippen molar-refractivity contribution in [3.63, 3.8) is 0 Å². The van der Waals surface area contributed by atoms with Crippen LogP contribution in [0.5, 0.6) is 0 Å². The smallest absolute Gasteiger partial charge is 0.338 e. The largest absolute Gasteiger partial charge is 0.343 e. The van der Waals surface area contributed by atoms with Gasteiger partial charge in [0.1, 0.15) is 0 Å². The van der Waals surface area contributed by atoms with Crippen LogP contribution in [0.2, 0.25) is 0 Å². The third kappa shape index (κ3) is 4.73. The van der Waals surface area contributed by atoms with Crippen LogP contribution < -0.4 is 0 Å². The third-order valence-electron chi connectivity index (χ3n) is 2.39. The molecule has 0 unspecified atom stereocenters. The van der Waals surface area contributed by atoms with Gasteiger partial charge in [0.2, 0.25) is 0 Å². The Bertz CT molecular complexity index is 235. The number of halogens is 2. The average Bonchev–Trinajstić information content (AvgIpc) is 2.26. The van der Waals surface area contributed by atoms with Crippen LogP contribution in [0.3, 0.4) is 0 Å². The van der Waals surface area contributed by atoms with Crippen LogP contribution in [-0.4, -0.2) is 29.8 Å². The number of carbonyl (C=O) groups is 1. The first-order chi connectivity index (χ1) is 7.49. The van der Waals surface area contributed by atoms with Crippen LogP contribution in [0, 0.1) is 0 Å². The van der Waals surface area contributed by atoms with Crippen molar-refractivity contribution in [2.75, 3.05) is 13.1 Å². The van der Waals surface area contributed by atoms with Gasteiger partial charge in [-0.2, -0.15) is 8.78 Å². The van der Waals surface area contributed by atoms with Gasteiger partial charge in [0, 0.05) is 13.1 Å². The Hall–Kier alpha value is -0.930. The van der Waals surface area contributed by atoms with Crippen LogP contribution >= 0.6 is 0 Å². The van der Waals surface area contributed by atoms with E-state index in [1.165, 1.54) is 6.08 Å². The first-order valence-corrected chi connectivity index (χ1v) is 5.84. The highest BCUT2D eigenvalue weighted by Gasteiger charge is 2.38. The highest BCUT2D eigenvalue weighted by molar-refractivity contribution is 5.85.